The molecule has 0 bridgehead atoms. The molecule has 1 aliphatic carbocycles. The van der Waals surface area contributed by atoms with Crippen molar-refractivity contribution >= 4 is 0 Å². The number of furan rings is 1. The Balaban J connectivity index is 1.61. The molecule has 2 rings (SSSR count). The van der Waals surface area contributed by atoms with Gasteiger partial charge in [0.05, 0.1) is 12.5 Å². The number of hydrogen-bond acceptors (Lipinski definition) is 3. The summed E-state index contributed by atoms with van der Waals surface area (Å²) in [5, 5.41) is 3.47. The second-order valence-corrected chi connectivity index (χ2v) is 6.68. The minimum atomic E-state index is 0.566. The molecular weight excluding hydrogens is 236 g/mol. The Hall–Kier alpha value is -0.800. The fourth-order valence-corrected chi connectivity index (χ4v) is 2.89. The molecular formula is C16H28N2O. The molecule has 0 spiro atoms. The summed E-state index contributed by atoms with van der Waals surface area (Å²) in [6.07, 6.45) is 8.97. The first-order valence-corrected chi connectivity index (χ1v) is 7.49. The van der Waals surface area contributed by atoms with E-state index in [4.69, 9.17) is 4.42 Å². The predicted octanol–water partition coefficient (Wildman–Crippen LogP) is 3.27. The van der Waals surface area contributed by atoms with E-state index < -0.39 is 0 Å². The Morgan fingerprint density at radius 2 is 2.11 bits per heavy atom. The summed E-state index contributed by atoms with van der Waals surface area (Å²) < 4.78 is 5.06. The van der Waals surface area contributed by atoms with E-state index in [1.165, 1.54) is 31.2 Å². The van der Waals surface area contributed by atoms with Crippen molar-refractivity contribution in [2.45, 2.75) is 52.1 Å². The zero-order valence-corrected chi connectivity index (χ0v) is 12.6. The first-order chi connectivity index (χ1) is 9.07. The van der Waals surface area contributed by atoms with Crippen LogP contribution in [-0.4, -0.2) is 31.1 Å². The third kappa shape index (κ3) is 4.66. The highest BCUT2D eigenvalue weighted by Crippen LogP contribution is 2.36. The number of rotatable bonds is 6. The minimum Gasteiger partial charge on any atom is -0.472 e. The minimum absolute atomic E-state index is 0.566. The van der Waals surface area contributed by atoms with Crippen molar-refractivity contribution in [3.8, 4) is 0 Å². The summed E-state index contributed by atoms with van der Waals surface area (Å²) in [5.41, 5.74) is 1.79. The maximum atomic E-state index is 5.06. The molecule has 1 aliphatic rings. The summed E-state index contributed by atoms with van der Waals surface area (Å²) >= 11 is 0. The Morgan fingerprint density at radius 3 is 2.74 bits per heavy atom. The average molecular weight is 264 g/mol. The van der Waals surface area contributed by atoms with Crippen molar-refractivity contribution < 1.29 is 4.42 Å². The van der Waals surface area contributed by atoms with E-state index >= 15 is 0 Å². The van der Waals surface area contributed by atoms with Crippen LogP contribution in [-0.2, 0) is 6.54 Å². The summed E-state index contributed by atoms with van der Waals surface area (Å²) in [6.45, 7) is 7.87. The monoisotopic (exact) mass is 264 g/mol. The molecule has 108 valence electrons. The molecule has 0 aromatic carbocycles. The van der Waals surface area contributed by atoms with Crippen LogP contribution < -0.4 is 5.32 Å². The maximum absolute atomic E-state index is 5.06. The van der Waals surface area contributed by atoms with Crippen LogP contribution in [0.3, 0.4) is 0 Å². The van der Waals surface area contributed by atoms with Crippen molar-refractivity contribution in [2.24, 2.45) is 5.41 Å². The summed E-state index contributed by atoms with van der Waals surface area (Å²) in [6, 6.07) is 2.80. The van der Waals surface area contributed by atoms with E-state index in [1.807, 2.05) is 6.07 Å². The topological polar surface area (TPSA) is 28.4 Å². The van der Waals surface area contributed by atoms with E-state index in [0.717, 1.165) is 25.7 Å². The zero-order chi connectivity index (χ0) is 13.7. The smallest absolute Gasteiger partial charge is 0.0947 e. The highest BCUT2D eigenvalue weighted by Gasteiger charge is 2.28. The van der Waals surface area contributed by atoms with E-state index in [1.54, 1.807) is 12.5 Å². The predicted molar refractivity (Wildman–Crippen MR) is 79.1 cm³/mol. The van der Waals surface area contributed by atoms with Crippen LogP contribution in [0.5, 0.6) is 0 Å². The Kier molecular flexibility index (Phi) is 5.06. The highest BCUT2D eigenvalue weighted by molar-refractivity contribution is 5.04. The van der Waals surface area contributed by atoms with Crippen molar-refractivity contribution in [3.63, 3.8) is 0 Å². The van der Waals surface area contributed by atoms with E-state index in [9.17, 15) is 0 Å². The molecule has 3 nitrogen and oxygen atoms in total. The molecule has 1 saturated carbocycles. The van der Waals surface area contributed by atoms with E-state index in [0.29, 0.717) is 5.41 Å². The van der Waals surface area contributed by atoms with E-state index in [-0.39, 0.29) is 0 Å². The molecule has 3 heteroatoms. The second kappa shape index (κ2) is 6.58. The first-order valence-electron chi connectivity index (χ1n) is 7.49. The van der Waals surface area contributed by atoms with Gasteiger partial charge in [0.2, 0.25) is 0 Å². The van der Waals surface area contributed by atoms with Crippen LogP contribution in [0.15, 0.2) is 23.0 Å². The molecule has 1 heterocycles. The Labute approximate surface area is 117 Å². The van der Waals surface area contributed by atoms with Gasteiger partial charge in [-0.05, 0) is 44.2 Å². The molecule has 0 unspecified atom stereocenters. The third-order valence-electron chi connectivity index (χ3n) is 4.48. The fourth-order valence-electron chi connectivity index (χ4n) is 2.89. The van der Waals surface area contributed by atoms with Crippen LogP contribution in [0, 0.1) is 5.41 Å². The van der Waals surface area contributed by atoms with Gasteiger partial charge in [-0.25, -0.2) is 0 Å². The molecule has 0 atom stereocenters. The molecule has 19 heavy (non-hydrogen) atoms. The number of nitrogens with one attached hydrogen (secondary N) is 1. The maximum Gasteiger partial charge on any atom is 0.0947 e. The van der Waals surface area contributed by atoms with Gasteiger partial charge in [0.1, 0.15) is 0 Å². The lowest BCUT2D eigenvalue weighted by atomic mass is 9.75. The van der Waals surface area contributed by atoms with Gasteiger partial charge in [0.15, 0.2) is 0 Å². The highest BCUT2D eigenvalue weighted by atomic mass is 16.3. The van der Waals surface area contributed by atoms with Crippen molar-refractivity contribution in [1.29, 1.82) is 0 Å². The molecule has 0 radical (unpaired) electrons. The molecule has 1 aromatic heterocycles. The standard InChI is InChI=1S/C16H28N2O/c1-16(2)7-4-15(5-8-16)18(3)10-9-17-12-14-6-11-19-13-14/h6,11,13,15,17H,4-5,7-10,12H2,1-3H3. The van der Waals surface area contributed by atoms with Gasteiger partial charge in [-0.15, -0.1) is 0 Å². The van der Waals surface area contributed by atoms with Crippen molar-refractivity contribution in [1.82, 2.24) is 10.2 Å². The van der Waals surface area contributed by atoms with Gasteiger partial charge in [-0.3, -0.25) is 0 Å². The van der Waals surface area contributed by atoms with Crippen LogP contribution in [0.25, 0.3) is 0 Å². The average Bonchev–Trinajstić information content (AvgIpc) is 2.87. The zero-order valence-electron chi connectivity index (χ0n) is 12.6. The molecule has 0 amide bonds. The van der Waals surface area contributed by atoms with Crippen molar-refractivity contribution in [3.05, 3.63) is 24.2 Å². The molecule has 0 aliphatic heterocycles. The van der Waals surface area contributed by atoms with Crippen LogP contribution >= 0.6 is 0 Å². The van der Waals surface area contributed by atoms with Crippen LogP contribution in [0.2, 0.25) is 0 Å². The quantitative estimate of drug-likeness (QED) is 0.799. The largest absolute Gasteiger partial charge is 0.472 e. The molecule has 1 aromatic rings. The van der Waals surface area contributed by atoms with Crippen molar-refractivity contribution in [2.75, 3.05) is 20.1 Å². The van der Waals surface area contributed by atoms with Gasteiger partial charge in [-0.1, -0.05) is 13.8 Å². The fraction of sp³-hybridized carbons (Fsp3) is 0.750. The lowest BCUT2D eigenvalue weighted by molar-refractivity contribution is 0.128. The summed E-state index contributed by atoms with van der Waals surface area (Å²) in [5.74, 6) is 0. The lowest BCUT2D eigenvalue weighted by Gasteiger charge is -2.38. The van der Waals surface area contributed by atoms with Crippen LogP contribution in [0.4, 0.5) is 0 Å². The first kappa shape index (κ1) is 14.6. The third-order valence-corrected chi connectivity index (χ3v) is 4.48. The SMILES string of the molecule is CN(CCNCc1ccoc1)C1CCC(C)(C)CC1. The van der Waals surface area contributed by atoms with Gasteiger partial charge >= 0.3 is 0 Å². The molecule has 0 saturated heterocycles. The van der Waals surface area contributed by atoms with Gasteiger partial charge in [0.25, 0.3) is 0 Å². The van der Waals surface area contributed by atoms with Gasteiger partial charge in [0, 0.05) is 31.2 Å². The van der Waals surface area contributed by atoms with Gasteiger partial charge in [-0.2, -0.15) is 0 Å². The van der Waals surface area contributed by atoms with Crippen LogP contribution in [0.1, 0.15) is 45.1 Å². The number of nitrogens with zero attached hydrogens (tertiary/aromatic N) is 1. The normalized spacial score (nSPS) is 20.0. The number of hydrogen-bond donors (Lipinski definition) is 1. The Bertz CT molecular complexity index is 349. The summed E-state index contributed by atoms with van der Waals surface area (Å²) in [4.78, 5) is 2.53. The Morgan fingerprint density at radius 1 is 1.37 bits per heavy atom. The van der Waals surface area contributed by atoms with E-state index in [2.05, 4.69) is 31.1 Å². The molecule has 1 N–H and O–H groups in total. The number of likely N-dealkylation sites (N-methyl/N-ethyl adjacent to an activating group) is 1. The lowest BCUT2D eigenvalue weighted by Crippen LogP contribution is -2.40. The second-order valence-electron chi connectivity index (χ2n) is 6.68. The van der Waals surface area contributed by atoms with Gasteiger partial charge < -0.3 is 14.6 Å². The molecule has 1 fully saturated rings. The summed E-state index contributed by atoms with van der Waals surface area (Å²) in [7, 11) is 2.27.